The molecule has 3 amide bonds. The highest BCUT2D eigenvalue weighted by Crippen LogP contribution is 2.49. The van der Waals surface area contributed by atoms with Gasteiger partial charge in [-0.25, -0.2) is 9.59 Å². The zero-order valence-corrected chi connectivity index (χ0v) is 26.9. The summed E-state index contributed by atoms with van der Waals surface area (Å²) < 4.78 is 43.3. The lowest BCUT2D eigenvalue weighted by molar-refractivity contribution is -0.193. The number of aromatic amines is 1. The molecule has 4 atom stereocenters. The summed E-state index contributed by atoms with van der Waals surface area (Å²) in [7, 11) is -3.25. The lowest BCUT2D eigenvalue weighted by atomic mass is 9.96. The van der Waals surface area contributed by atoms with Crippen molar-refractivity contribution >= 4 is 57.5 Å². The summed E-state index contributed by atoms with van der Waals surface area (Å²) in [4.78, 5) is 53.6. The van der Waals surface area contributed by atoms with Crippen molar-refractivity contribution in [3.05, 3.63) is 47.2 Å². The Morgan fingerprint density at radius 2 is 1.96 bits per heavy atom. The number of β-lactam (4-membered cyclic amide) rings is 1. The van der Waals surface area contributed by atoms with Crippen LogP contribution in [0.25, 0.3) is 0 Å². The Kier molecular flexibility index (Phi) is 10.1. The van der Waals surface area contributed by atoms with E-state index in [-0.39, 0.29) is 22.9 Å². The largest absolute Gasteiger partial charge is 0.477 e. The zero-order valence-electron chi connectivity index (χ0n) is 24.4. The van der Waals surface area contributed by atoms with E-state index in [2.05, 4.69) is 31.3 Å². The van der Waals surface area contributed by atoms with Crippen LogP contribution in [0.1, 0.15) is 38.8 Å². The minimum atomic E-state index is -4.42. The van der Waals surface area contributed by atoms with Crippen molar-refractivity contribution in [3.8, 4) is 0 Å². The minimum absolute atomic E-state index is 0.0314. The molecule has 17 nitrogen and oxygen atoms in total. The standard InChI is InChI=1S/C25H31N7O10S3/c1-24(2,3)42-23(37)26-16(13-8-6-5-7-9-13)18(33)27-25(41-4)20(36)32-17(19(34)35)14(12-43-21(25)32)15(10-11-45(38,39)40)44-22-28-30-31-29-22/h5-9,15-16,21H,10-12H2,1-4H3,(H,26,37)(H,27,33)(H,34,35)(H,38,39,40)(H,28,29,30,31)/t15?,16?,21-,25-/m0/s1. The lowest BCUT2D eigenvalue weighted by Gasteiger charge is -2.56. The van der Waals surface area contributed by atoms with E-state index in [1.165, 1.54) is 7.11 Å². The molecule has 2 unspecified atom stereocenters. The third-order valence-corrected chi connectivity index (χ3v) is 9.83. The van der Waals surface area contributed by atoms with Gasteiger partial charge in [0.15, 0.2) is 0 Å². The molecule has 1 aromatic carbocycles. The quantitative estimate of drug-likeness (QED) is 0.0903. The highest BCUT2D eigenvalue weighted by atomic mass is 32.2. The van der Waals surface area contributed by atoms with E-state index in [0.29, 0.717) is 5.56 Å². The van der Waals surface area contributed by atoms with Crippen LogP contribution in [-0.4, -0.2) is 108 Å². The van der Waals surface area contributed by atoms with Crippen LogP contribution < -0.4 is 10.6 Å². The van der Waals surface area contributed by atoms with Gasteiger partial charge in [0, 0.05) is 18.1 Å². The molecule has 0 aliphatic carbocycles. The van der Waals surface area contributed by atoms with Gasteiger partial charge in [-0.15, -0.1) is 22.0 Å². The predicted molar refractivity (Wildman–Crippen MR) is 159 cm³/mol. The van der Waals surface area contributed by atoms with Gasteiger partial charge in [-0.1, -0.05) is 42.1 Å². The molecule has 1 aromatic heterocycles. The zero-order chi connectivity index (χ0) is 33.2. The summed E-state index contributed by atoms with van der Waals surface area (Å²) in [6.07, 6.45) is -1.12. The fourth-order valence-corrected chi connectivity index (χ4v) is 7.98. The first-order chi connectivity index (χ1) is 21.1. The summed E-state index contributed by atoms with van der Waals surface area (Å²) in [5.74, 6) is -3.96. The van der Waals surface area contributed by atoms with Crippen LogP contribution >= 0.6 is 23.5 Å². The maximum atomic E-state index is 13.8. The summed E-state index contributed by atoms with van der Waals surface area (Å²) in [5, 5.41) is 26.8. The first-order valence-electron chi connectivity index (χ1n) is 13.2. The second kappa shape index (κ2) is 13.3. The normalized spacial score (nSPS) is 21.3. The van der Waals surface area contributed by atoms with Gasteiger partial charge in [0.1, 0.15) is 22.7 Å². The number of methoxy groups -OCH3 is 1. The molecule has 244 valence electrons. The van der Waals surface area contributed by atoms with E-state index in [4.69, 9.17) is 9.47 Å². The number of fused-ring (bicyclic) bond motifs is 1. The van der Waals surface area contributed by atoms with Crippen LogP contribution in [0.4, 0.5) is 4.79 Å². The van der Waals surface area contributed by atoms with Gasteiger partial charge >= 0.3 is 12.1 Å². The van der Waals surface area contributed by atoms with Crippen molar-refractivity contribution in [1.29, 1.82) is 0 Å². The van der Waals surface area contributed by atoms with Crippen molar-refractivity contribution in [1.82, 2.24) is 36.2 Å². The number of carboxylic acids is 1. The number of nitrogens with zero attached hydrogens (tertiary/aromatic N) is 4. The number of nitrogens with one attached hydrogen (secondary N) is 3. The molecule has 1 saturated heterocycles. The van der Waals surface area contributed by atoms with E-state index >= 15 is 0 Å². The van der Waals surface area contributed by atoms with Crippen molar-refractivity contribution < 1.29 is 46.7 Å². The van der Waals surface area contributed by atoms with Crippen LogP contribution in [0.5, 0.6) is 0 Å². The van der Waals surface area contributed by atoms with Crippen LogP contribution in [0.2, 0.25) is 0 Å². The van der Waals surface area contributed by atoms with Crippen molar-refractivity contribution in [2.24, 2.45) is 0 Å². The van der Waals surface area contributed by atoms with E-state index in [0.717, 1.165) is 28.4 Å². The second-order valence-corrected chi connectivity index (χ2v) is 14.6. The third-order valence-electron chi connectivity index (χ3n) is 6.55. The van der Waals surface area contributed by atoms with Gasteiger partial charge in [0.25, 0.3) is 21.8 Å². The Morgan fingerprint density at radius 3 is 2.51 bits per heavy atom. The molecule has 0 radical (unpaired) electrons. The summed E-state index contributed by atoms with van der Waals surface area (Å²) in [5.41, 5.74) is -2.77. The Hall–Kier alpha value is -3.72. The molecular formula is C25H31N7O10S3. The van der Waals surface area contributed by atoms with E-state index < -0.39 is 73.4 Å². The summed E-state index contributed by atoms with van der Waals surface area (Å²) in [6, 6.07) is 6.90. The maximum Gasteiger partial charge on any atom is 0.408 e. The van der Waals surface area contributed by atoms with Crippen molar-refractivity contribution in [3.63, 3.8) is 0 Å². The molecule has 2 aliphatic rings. The second-order valence-electron chi connectivity index (χ2n) is 10.8. The maximum absolute atomic E-state index is 13.8. The number of thioether (sulfide) groups is 2. The molecule has 45 heavy (non-hydrogen) atoms. The van der Waals surface area contributed by atoms with Crippen molar-refractivity contribution in [2.45, 2.75) is 60.3 Å². The fraction of sp³-hybridized carbons (Fsp3) is 0.480. The number of amides is 3. The molecule has 1 fully saturated rings. The third kappa shape index (κ3) is 7.75. The summed E-state index contributed by atoms with van der Waals surface area (Å²) >= 11 is 1.97. The lowest BCUT2D eigenvalue weighted by Crippen LogP contribution is -2.81. The molecule has 2 aromatic rings. The number of carbonyl (C=O) groups excluding carboxylic acids is 3. The van der Waals surface area contributed by atoms with Crippen molar-refractivity contribution in [2.75, 3.05) is 18.6 Å². The minimum Gasteiger partial charge on any atom is -0.477 e. The molecule has 0 saturated carbocycles. The predicted octanol–water partition coefficient (Wildman–Crippen LogP) is 0.917. The highest BCUT2D eigenvalue weighted by molar-refractivity contribution is 8.01. The smallest absolute Gasteiger partial charge is 0.408 e. The first-order valence-corrected chi connectivity index (χ1v) is 16.8. The summed E-state index contributed by atoms with van der Waals surface area (Å²) in [6.45, 7) is 4.96. The number of H-pyrrole nitrogens is 1. The number of carbonyl (C=O) groups is 4. The number of ether oxygens (including phenoxy) is 2. The van der Waals surface area contributed by atoms with Gasteiger partial charge in [-0.2, -0.15) is 13.6 Å². The number of aromatic nitrogens is 4. The number of hydrogen-bond donors (Lipinski definition) is 5. The van der Waals surface area contributed by atoms with E-state index in [1.807, 2.05) is 0 Å². The average Bonchev–Trinajstić information content (AvgIpc) is 3.48. The monoisotopic (exact) mass is 685 g/mol. The molecule has 20 heteroatoms. The number of tetrazole rings is 1. The van der Waals surface area contributed by atoms with Gasteiger partial charge in [-0.05, 0) is 43.5 Å². The number of benzene rings is 1. The van der Waals surface area contributed by atoms with Gasteiger partial charge < -0.3 is 25.2 Å². The number of alkyl carbamates (subject to hydrolysis) is 1. The molecule has 4 rings (SSSR count). The van der Waals surface area contributed by atoms with Gasteiger partial charge in [0.05, 0.1) is 5.75 Å². The van der Waals surface area contributed by atoms with E-state index in [9.17, 15) is 37.3 Å². The molecular weight excluding hydrogens is 655 g/mol. The Bertz CT molecular complexity index is 1580. The first kappa shape index (κ1) is 34.2. The number of hydrogen-bond acceptors (Lipinski definition) is 13. The number of carboxylic acid groups (broad SMARTS) is 1. The molecule has 0 spiro atoms. The van der Waals surface area contributed by atoms with Crippen LogP contribution in [0.3, 0.4) is 0 Å². The number of rotatable bonds is 12. The molecule has 2 aliphatic heterocycles. The molecule has 0 bridgehead atoms. The molecule has 5 N–H and O–H groups in total. The SMILES string of the molecule is CO[C@@]1(NC(=O)C(NC(=O)OC(C)(C)C)c2ccccc2)C(=O)N2C(C(=O)O)=C(C(CCS(=O)(=O)O)Sc3nn[nH]n3)CS[C@H]21. The molecule has 3 heterocycles. The fourth-order valence-electron chi connectivity index (χ4n) is 4.67. The Labute approximate surface area is 266 Å². The van der Waals surface area contributed by atoms with E-state index in [1.54, 1.807) is 51.1 Å². The van der Waals surface area contributed by atoms with Crippen LogP contribution in [0, 0.1) is 0 Å². The van der Waals surface area contributed by atoms with Gasteiger partial charge in [0.2, 0.25) is 11.1 Å². The average molecular weight is 686 g/mol. The van der Waals surface area contributed by atoms with Crippen LogP contribution in [-0.2, 0) is 34.0 Å². The highest BCUT2D eigenvalue weighted by Gasteiger charge is 2.67. The van der Waals surface area contributed by atoms with Gasteiger partial charge in [-0.3, -0.25) is 19.0 Å². The Morgan fingerprint density at radius 1 is 1.27 bits per heavy atom. The topological polar surface area (TPSA) is 243 Å². The Balaban J connectivity index is 1.64. The van der Waals surface area contributed by atoms with Crippen LogP contribution in [0.15, 0.2) is 46.8 Å². The number of aliphatic carboxylic acids is 1.